The third kappa shape index (κ3) is 4.25. The smallest absolute Gasteiger partial charge is 0.317 e. The van der Waals surface area contributed by atoms with E-state index in [1.807, 2.05) is 4.90 Å². The molecule has 0 saturated heterocycles. The summed E-state index contributed by atoms with van der Waals surface area (Å²) in [6, 6.07) is 0.471. The number of amides is 2. The van der Waals surface area contributed by atoms with Crippen molar-refractivity contribution in [2.75, 3.05) is 13.1 Å². The summed E-state index contributed by atoms with van der Waals surface area (Å²) in [5.74, 6) is 0. The third-order valence-corrected chi connectivity index (χ3v) is 3.06. The van der Waals surface area contributed by atoms with Gasteiger partial charge in [-0.05, 0) is 19.3 Å². The quantitative estimate of drug-likeness (QED) is 0.715. The number of nitrogens with zero attached hydrogens (tertiary/aromatic N) is 1. The highest BCUT2D eigenvalue weighted by Gasteiger charge is 2.18. The maximum atomic E-state index is 12.0. The van der Waals surface area contributed by atoms with Gasteiger partial charge in [0.15, 0.2) is 0 Å². The summed E-state index contributed by atoms with van der Waals surface area (Å²) in [6.45, 7) is 7.23. The topological polar surface area (TPSA) is 32.3 Å². The van der Waals surface area contributed by atoms with E-state index >= 15 is 0 Å². The molecule has 3 nitrogen and oxygen atoms in total. The van der Waals surface area contributed by atoms with Crippen LogP contribution in [0.15, 0.2) is 12.7 Å². The molecule has 16 heavy (non-hydrogen) atoms. The SMILES string of the molecule is C=CCN(CCC)C(=O)NC1CCCCC1. The van der Waals surface area contributed by atoms with E-state index in [4.69, 9.17) is 0 Å². The largest absolute Gasteiger partial charge is 0.335 e. The predicted molar refractivity (Wildman–Crippen MR) is 67.5 cm³/mol. The number of hydrogen-bond acceptors (Lipinski definition) is 1. The van der Waals surface area contributed by atoms with Gasteiger partial charge in [-0.2, -0.15) is 0 Å². The molecule has 1 aliphatic carbocycles. The van der Waals surface area contributed by atoms with Gasteiger partial charge >= 0.3 is 6.03 Å². The Morgan fingerprint density at radius 2 is 2.12 bits per heavy atom. The Labute approximate surface area is 98.9 Å². The van der Waals surface area contributed by atoms with Crippen LogP contribution in [0.1, 0.15) is 45.4 Å². The molecule has 3 heteroatoms. The van der Waals surface area contributed by atoms with Crippen molar-refractivity contribution >= 4 is 6.03 Å². The van der Waals surface area contributed by atoms with Gasteiger partial charge in [0.1, 0.15) is 0 Å². The minimum atomic E-state index is 0.0775. The van der Waals surface area contributed by atoms with Crippen LogP contribution in [-0.4, -0.2) is 30.1 Å². The van der Waals surface area contributed by atoms with Crippen LogP contribution in [-0.2, 0) is 0 Å². The zero-order chi connectivity index (χ0) is 11.8. The van der Waals surface area contributed by atoms with E-state index in [1.54, 1.807) is 6.08 Å². The highest BCUT2D eigenvalue weighted by atomic mass is 16.2. The highest BCUT2D eigenvalue weighted by Crippen LogP contribution is 2.17. The van der Waals surface area contributed by atoms with Crippen LogP contribution >= 0.6 is 0 Å². The van der Waals surface area contributed by atoms with Gasteiger partial charge in [0.25, 0.3) is 0 Å². The van der Waals surface area contributed by atoms with Crippen molar-refractivity contribution in [3.05, 3.63) is 12.7 Å². The fourth-order valence-corrected chi connectivity index (χ4v) is 2.21. The molecule has 92 valence electrons. The lowest BCUT2D eigenvalue weighted by molar-refractivity contribution is 0.195. The van der Waals surface area contributed by atoms with E-state index in [0.717, 1.165) is 25.8 Å². The van der Waals surface area contributed by atoms with Crippen LogP contribution in [0.3, 0.4) is 0 Å². The van der Waals surface area contributed by atoms with Gasteiger partial charge in [0, 0.05) is 19.1 Å². The molecule has 1 N–H and O–H groups in total. The van der Waals surface area contributed by atoms with Crippen LogP contribution < -0.4 is 5.32 Å². The maximum Gasteiger partial charge on any atom is 0.317 e. The molecule has 0 atom stereocenters. The zero-order valence-electron chi connectivity index (χ0n) is 10.4. The molecule has 0 aromatic carbocycles. The van der Waals surface area contributed by atoms with Gasteiger partial charge in [-0.15, -0.1) is 6.58 Å². The molecule has 0 heterocycles. The molecular weight excluding hydrogens is 200 g/mol. The number of carbonyl (C=O) groups excluding carboxylic acids is 1. The average Bonchev–Trinajstić information content (AvgIpc) is 2.30. The molecule has 1 saturated carbocycles. The first-order valence-corrected chi connectivity index (χ1v) is 6.44. The molecule has 0 aliphatic heterocycles. The molecule has 0 radical (unpaired) electrons. The number of rotatable bonds is 5. The van der Waals surface area contributed by atoms with Crippen LogP contribution in [0.5, 0.6) is 0 Å². The van der Waals surface area contributed by atoms with Gasteiger partial charge in [0.05, 0.1) is 0 Å². The van der Waals surface area contributed by atoms with E-state index in [-0.39, 0.29) is 6.03 Å². The summed E-state index contributed by atoms with van der Waals surface area (Å²) < 4.78 is 0. The Hall–Kier alpha value is -0.990. The van der Waals surface area contributed by atoms with Crippen LogP contribution in [0.4, 0.5) is 4.79 Å². The first-order valence-electron chi connectivity index (χ1n) is 6.44. The molecule has 1 aliphatic rings. The summed E-state index contributed by atoms with van der Waals surface area (Å²) in [4.78, 5) is 13.8. The first-order chi connectivity index (χ1) is 7.77. The second-order valence-corrected chi connectivity index (χ2v) is 4.52. The average molecular weight is 224 g/mol. The number of hydrogen-bond donors (Lipinski definition) is 1. The summed E-state index contributed by atoms with van der Waals surface area (Å²) in [6.07, 6.45) is 8.87. The number of nitrogens with one attached hydrogen (secondary N) is 1. The summed E-state index contributed by atoms with van der Waals surface area (Å²) in [5, 5.41) is 3.13. The van der Waals surface area contributed by atoms with Crippen LogP contribution in [0.2, 0.25) is 0 Å². The van der Waals surface area contributed by atoms with Crippen molar-refractivity contribution in [2.45, 2.75) is 51.5 Å². The van der Waals surface area contributed by atoms with Gasteiger partial charge < -0.3 is 10.2 Å². The summed E-state index contributed by atoms with van der Waals surface area (Å²) in [5.41, 5.74) is 0. The zero-order valence-corrected chi connectivity index (χ0v) is 10.4. The first kappa shape index (κ1) is 13.1. The highest BCUT2D eigenvalue weighted by molar-refractivity contribution is 5.74. The Morgan fingerprint density at radius 1 is 1.44 bits per heavy atom. The Kier molecular flexibility index (Phi) is 5.98. The lowest BCUT2D eigenvalue weighted by Gasteiger charge is -2.27. The molecule has 1 rings (SSSR count). The molecule has 1 fully saturated rings. The molecule has 0 aromatic heterocycles. The number of carbonyl (C=O) groups is 1. The molecule has 0 spiro atoms. The Morgan fingerprint density at radius 3 is 2.69 bits per heavy atom. The van der Waals surface area contributed by atoms with E-state index in [9.17, 15) is 4.79 Å². The Bertz CT molecular complexity index is 222. The maximum absolute atomic E-state index is 12.0. The fraction of sp³-hybridized carbons (Fsp3) is 0.769. The van der Waals surface area contributed by atoms with Crippen molar-refractivity contribution in [2.24, 2.45) is 0 Å². The molecule has 0 aromatic rings. The van der Waals surface area contributed by atoms with Crippen molar-refractivity contribution in [3.63, 3.8) is 0 Å². The molecule has 0 unspecified atom stereocenters. The van der Waals surface area contributed by atoms with Crippen molar-refractivity contribution in [3.8, 4) is 0 Å². The normalized spacial score (nSPS) is 16.8. The van der Waals surface area contributed by atoms with Crippen LogP contribution in [0.25, 0.3) is 0 Å². The summed E-state index contributed by atoms with van der Waals surface area (Å²) in [7, 11) is 0. The lowest BCUT2D eigenvalue weighted by Crippen LogP contribution is -2.45. The molecular formula is C13H24N2O. The number of urea groups is 1. The third-order valence-electron chi connectivity index (χ3n) is 3.06. The van der Waals surface area contributed by atoms with E-state index < -0.39 is 0 Å². The van der Waals surface area contributed by atoms with Crippen molar-refractivity contribution in [1.29, 1.82) is 0 Å². The van der Waals surface area contributed by atoms with Gasteiger partial charge in [-0.3, -0.25) is 0 Å². The molecule has 0 bridgehead atoms. The van der Waals surface area contributed by atoms with Gasteiger partial charge in [-0.25, -0.2) is 4.79 Å². The standard InChI is InChI=1S/C13H24N2O/c1-3-10-15(11-4-2)13(16)14-12-8-6-5-7-9-12/h3,12H,1,4-11H2,2H3,(H,14,16). The summed E-state index contributed by atoms with van der Waals surface area (Å²) >= 11 is 0. The van der Waals surface area contributed by atoms with E-state index in [2.05, 4.69) is 18.8 Å². The van der Waals surface area contributed by atoms with Crippen LogP contribution in [0, 0.1) is 0 Å². The van der Waals surface area contributed by atoms with Crippen molar-refractivity contribution in [1.82, 2.24) is 10.2 Å². The monoisotopic (exact) mass is 224 g/mol. The lowest BCUT2D eigenvalue weighted by atomic mass is 9.96. The minimum Gasteiger partial charge on any atom is -0.335 e. The van der Waals surface area contributed by atoms with Gasteiger partial charge in [0.2, 0.25) is 0 Å². The van der Waals surface area contributed by atoms with Crippen molar-refractivity contribution < 1.29 is 4.79 Å². The fourth-order valence-electron chi connectivity index (χ4n) is 2.21. The minimum absolute atomic E-state index is 0.0775. The van der Waals surface area contributed by atoms with Gasteiger partial charge in [-0.1, -0.05) is 32.3 Å². The predicted octanol–water partition coefficient (Wildman–Crippen LogP) is 2.93. The molecule has 2 amide bonds. The van der Waals surface area contributed by atoms with E-state index in [0.29, 0.717) is 12.6 Å². The second-order valence-electron chi connectivity index (χ2n) is 4.52. The van der Waals surface area contributed by atoms with E-state index in [1.165, 1.54) is 19.3 Å². The second kappa shape index (κ2) is 7.31. The Balaban J connectivity index is 2.37.